The SMILES string of the molecule is O=C(O)Cc1ccccc1NC(=O)C1CC2C=CC1C2. The molecule has 0 aromatic heterocycles. The van der Waals surface area contributed by atoms with Crippen LogP contribution in [-0.4, -0.2) is 17.0 Å². The number of carbonyl (C=O) groups is 2. The molecular formula is C16H17NO3. The van der Waals surface area contributed by atoms with E-state index in [-0.39, 0.29) is 18.2 Å². The van der Waals surface area contributed by atoms with Gasteiger partial charge in [-0.25, -0.2) is 0 Å². The maximum Gasteiger partial charge on any atom is 0.307 e. The van der Waals surface area contributed by atoms with E-state index in [1.54, 1.807) is 18.2 Å². The zero-order chi connectivity index (χ0) is 14.1. The number of allylic oxidation sites excluding steroid dienone is 2. The quantitative estimate of drug-likeness (QED) is 0.827. The molecule has 3 rings (SSSR count). The zero-order valence-electron chi connectivity index (χ0n) is 11.1. The number of carboxylic acid groups (broad SMARTS) is 1. The first-order chi connectivity index (χ1) is 9.63. The Hall–Kier alpha value is -2.10. The van der Waals surface area contributed by atoms with Crippen molar-refractivity contribution in [2.45, 2.75) is 19.3 Å². The number of aliphatic carboxylic acids is 1. The molecule has 3 unspecified atom stereocenters. The summed E-state index contributed by atoms with van der Waals surface area (Å²) in [6.45, 7) is 0. The summed E-state index contributed by atoms with van der Waals surface area (Å²) < 4.78 is 0. The molecule has 0 spiro atoms. The van der Waals surface area contributed by atoms with Gasteiger partial charge >= 0.3 is 5.97 Å². The molecular weight excluding hydrogens is 254 g/mol. The highest BCUT2D eigenvalue weighted by Crippen LogP contribution is 2.43. The molecule has 2 N–H and O–H groups in total. The maximum atomic E-state index is 12.4. The number of para-hydroxylation sites is 1. The maximum absolute atomic E-state index is 12.4. The van der Waals surface area contributed by atoms with E-state index in [1.807, 2.05) is 6.07 Å². The lowest BCUT2D eigenvalue weighted by Crippen LogP contribution is -2.26. The van der Waals surface area contributed by atoms with E-state index in [1.165, 1.54) is 0 Å². The van der Waals surface area contributed by atoms with Crippen LogP contribution < -0.4 is 5.32 Å². The van der Waals surface area contributed by atoms with E-state index >= 15 is 0 Å². The Kier molecular flexibility index (Phi) is 3.30. The van der Waals surface area contributed by atoms with Crippen LogP contribution in [0.15, 0.2) is 36.4 Å². The average molecular weight is 271 g/mol. The lowest BCUT2D eigenvalue weighted by Gasteiger charge is -2.18. The fraction of sp³-hybridized carbons (Fsp3) is 0.375. The van der Waals surface area contributed by atoms with Crippen LogP contribution in [0.3, 0.4) is 0 Å². The normalized spacial score (nSPS) is 26.7. The molecule has 3 atom stereocenters. The van der Waals surface area contributed by atoms with Gasteiger partial charge in [-0.3, -0.25) is 9.59 Å². The van der Waals surface area contributed by atoms with Crippen LogP contribution in [0.5, 0.6) is 0 Å². The summed E-state index contributed by atoms with van der Waals surface area (Å²) >= 11 is 0. The minimum absolute atomic E-state index is 0.0136. The lowest BCUT2D eigenvalue weighted by molar-refractivity contribution is -0.136. The van der Waals surface area contributed by atoms with E-state index in [9.17, 15) is 9.59 Å². The van der Waals surface area contributed by atoms with Gasteiger partial charge in [0.15, 0.2) is 0 Å². The molecule has 1 amide bonds. The highest BCUT2D eigenvalue weighted by atomic mass is 16.4. The third kappa shape index (κ3) is 2.46. The van der Waals surface area contributed by atoms with Gasteiger partial charge in [0.1, 0.15) is 0 Å². The molecule has 0 saturated heterocycles. The third-order valence-electron chi connectivity index (χ3n) is 4.23. The number of carboxylic acids is 1. The Labute approximate surface area is 117 Å². The molecule has 2 bridgehead atoms. The van der Waals surface area contributed by atoms with E-state index < -0.39 is 5.97 Å². The average Bonchev–Trinajstić information content (AvgIpc) is 3.02. The van der Waals surface area contributed by atoms with Crippen molar-refractivity contribution < 1.29 is 14.7 Å². The minimum Gasteiger partial charge on any atom is -0.481 e. The summed E-state index contributed by atoms with van der Waals surface area (Å²) in [7, 11) is 0. The lowest BCUT2D eigenvalue weighted by atomic mass is 9.92. The van der Waals surface area contributed by atoms with E-state index in [2.05, 4.69) is 17.5 Å². The van der Waals surface area contributed by atoms with Gasteiger partial charge in [-0.1, -0.05) is 30.4 Å². The molecule has 1 aromatic carbocycles. The predicted molar refractivity (Wildman–Crippen MR) is 75.3 cm³/mol. The van der Waals surface area contributed by atoms with Gasteiger partial charge in [-0.2, -0.15) is 0 Å². The van der Waals surface area contributed by atoms with Gasteiger partial charge in [-0.15, -0.1) is 0 Å². The molecule has 2 aliphatic carbocycles. The standard InChI is InChI=1S/C16H17NO3/c18-15(19)9-12-3-1-2-4-14(12)17-16(20)13-8-10-5-6-11(13)7-10/h1-6,10-11,13H,7-9H2,(H,17,20)(H,18,19). The topological polar surface area (TPSA) is 66.4 Å². The second kappa shape index (κ2) is 5.12. The molecule has 0 aliphatic heterocycles. The van der Waals surface area contributed by atoms with Crippen molar-refractivity contribution in [3.63, 3.8) is 0 Å². The Bertz CT molecular complexity index is 579. The first-order valence-electron chi connectivity index (χ1n) is 6.92. The second-order valence-electron chi connectivity index (χ2n) is 5.60. The van der Waals surface area contributed by atoms with Crippen LogP contribution in [0.1, 0.15) is 18.4 Å². The van der Waals surface area contributed by atoms with Crippen LogP contribution in [-0.2, 0) is 16.0 Å². The summed E-state index contributed by atoms with van der Waals surface area (Å²) in [5.41, 5.74) is 1.26. The van der Waals surface area contributed by atoms with Crippen molar-refractivity contribution in [3.05, 3.63) is 42.0 Å². The predicted octanol–water partition coefficient (Wildman–Crippen LogP) is 2.46. The number of carbonyl (C=O) groups excluding carboxylic acids is 1. The Balaban J connectivity index is 1.73. The molecule has 1 aromatic rings. The van der Waals surface area contributed by atoms with Crippen molar-refractivity contribution in [3.8, 4) is 0 Å². The second-order valence-corrected chi connectivity index (χ2v) is 5.60. The van der Waals surface area contributed by atoms with Crippen LogP contribution in [0.2, 0.25) is 0 Å². The van der Waals surface area contributed by atoms with Gasteiger partial charge in [0.05, 0.1) is 6.42 Å². The minimum atomic E-state index is -0.894. The molecule has 2 aliphatic rings. The molecule has 104 valence electrons. The molecule has 1 fully saturated rings. The zero-order valence-corrected chi connectivity index (χ0v) is 11.1. The van der Waals surface area contributed by atoms with Gasteiger partial charge in [0.25, 0.3) is 0 Å². The van der Waals surface area contributed by atoms with E-state index in [0.717, 1.165) is 12.8 Å². The fourth-order valence-electron chi connectivity index (χ4n) is 3.27. The number of fused-ring (bicyclic) bond motifs is 2. The van der Waals surface area contributed by atoms with Crippen LogP contribution >= 0.6 is 0 Å². The van der Waals surface area contributed by atoms with Gasteiger partial charge in [0.2, 0.25) is 5.91 Å². The van der Waals surface area contributed by atoms with Crippen LogP contribution in [0.25, 0.3) is 0 Å². The number of rotatable bonds is 4. The van der Waals surface area contributed by atoms with Crippen molar-refractivity contribution in [1.82, 2.24) is 0 Å². The summed E-state index contributed by atoms with van der Waals surface area (Å²) in [4.78, 5) is 23.2. The number of hydrogen-bond acceptors (Lipinski definition) is 2. The van der Waals surface area contributed by atoms with Gasteiger partial charge in [0, 0.05) is 11.6 Å². The van der Waals surface area contributed by atoms with Crippen molar-refractivity contribution in [2.75, 3.05) is 5.32 Å². The Morgan fingerprint density at radius 1 is 1.20 bits per heavy atom. The number of anilines is 1. The number of amides is 1. The number of hydrogen-bond donors (Lipinski definition) is 2. The van der Waals surface area contributed by atoms with E-state index in [4.69, 9.17) is 5.11 Å². The van der Waals surface area contributed by atoms with Crippen LogP contribution in [0.4, 0.5) is 5.69 Å². The fourth-order valence-corrected chi connectivity index (χ4v) is 3.27. The monoisotopic (exact) mass is 271 g/mol. The molecule has 20 heavy (non-hydrogen) atoms. The van der Waals surface area contributed by atoms with Gasteiger partial charge < -0.3 is 10.4 Å². The molecule has 0 heterocycles. The summed E-state index contributed by atoms with van der Waals surface area (Å²) in [6, 6.07) is 7.10. The molecule has 4 nitrogen and oxygen atoms in total. The highest BCUT2D eigenvalue weighted by Gasteiger charge is 2.39. The Morgan fingerprint density at radius 2 is 2.00 bits per heavy atom. The van der Waals surface area contributed by atoms with Crippen LogP contribution in [0, 0.1) is 17.8 Å². The first-order valence-corrected chi connectivity index (χ1v) is 6.92. The highest BCUT2D eigenvalue weighted by molar-refractivity contribution is 5.94. The third-order valence-corrected chi connectivity index (χ3v) is 4.23. The summed E-state index contributed by atoms with van der Waals surface area (Å²) in [6.07, 6.45) is 6.25. The smallest absolute Gasteiger partial charge is 0.307 e. The molecule has 1 saturated carbocycles. The van der Waals surface area contributed by atoms with Gasteiger partial charge in [-0.05, 0) is 36.3 Å². The largest absolute Gasteiger partial charge is 0.481 e. The molecule has 4 heteroatoms. The van der Waals surface area contributed by atoms with Crippen molar-refractivity contribution in [2.24, 2.45) is 17.8 Å². The van der Waals surface area contributed by atoms with Crippen molar-refractivity contribution >= 4 is 17.6 Å². The Morgan fingerprint density at radius 3 is 2.65 bits per heavy atom. The first kappa shape index (κ1) is 12.9. The summed E-state index contributed by atoms with van der Waals surface area (Å²) in [5, 5.41) is 11.8. The summed E-state index contributed by atoms with van der Waals surface area (Å²) in [5.74, 6) is 0.0498. The van der Waals surface area contributed by atoms with E-state index in [0.29, 0.717) is 23.1 Å². The number of nitrogens with one attached hydrogen (secondary N) is 1. The van der Waals surface area contributed by atoms with Crippen molar-refractivity contribution in [1.29, 1.82) is 0 Å². The molecule has 0 radical (unpaired) electrons. The number of benzene rings is 1.